The zero-order valence-electron chi connectivity index (χ0n) is 10.7. The minimum absolute atomic E-state index is 0.201. The molecule has 4 nitrogen and oxygen atoms in total. The van der Waals surface area contributed by atoms with Gasteiger partial charge in [0.2, 0.25) is 0 Å². The van der Waals surface area contributed by atoms with Gasteiger partial charge in [-0.25, -0.2) is 4.98 Å². The van der Waals surface area contributed by atoms with Crippen LogP contribution in [0.15, 0.2) is 11.2 Å². The van der Waals surface area contributed by atoms with Gasteiger partial charge in [-0.05, 0) is 31.9 Å². The predicted molar refractivity (Wildman–Crippen MR) is 70.5 cm³/mol. The van der Waals surface area contributed by atoms with Crippen molar-refractivity contribution >= 4 is 17.4 Å². The summed E-state index contributed by atoms with van der Waals surface area (Å²) in [5.74, 6) is 1.59. The zero-order valence-corrected chi connectivity index (χ0v) is 11.5. The third kappa shape index (κ3) is 3.70. The molecule has 0 unspecified atom stereocenters. The van der Waals surface area contributed by atoms with Gasteiger partial charge in [-0.15, -0.1) is 11.8 Å². The van der Waals surface area contributed by atoms with Gasteiger partial charge < -0.3 is 0 Å². The van der Waals surface area contributed by atoms with Crippen molar-refractivity contribution in [2.45, 2.75) is 39.1 Å². The highest BCUT2D eigenvalue weighted by molar-refractivity contribution is 7.99. The first-order chi connectivity index (χ1) is 7.93. The minimum Gasteiger partial charge on any atom is -0.258 e. The van der Waals surface area contributed by atoms with E-state index in [2.05, 4.69) is 18.8 Å². The Hall–Kier alpha value is -1.10. The highest BCUT2D eigenvalue weighted by Crippen LogP contribution is 2.30. The molecule has 0 spiro atoms. The SMILES string of the molecule is Cc1cnc(SCCC(C)C)c(C)c1[N+](=O)[O-]. The Morgan fingerprint density at radius 2 is 2.12 bits per heavy atom. The van der Waals surface area contributed by atoms with Crippen molar-refractivity contribution in [3.05, 3.63) is 27.4 Å². The van der Waals surface area contributed by atoms with Crippen LogP contribution in [0.25, 0.3) is 0 Å². The van der Waals surface area contributed by atoms with Crippen LogP contribution in [0.4, 0.5) is 5.69 Å². The summed E-state index contributed by atoms with van der Waals surface area (Å²) in [6.45, 7) is 7.83. The Morgan fingerprint density at radius 1 is 1.47 bits per heavy atom. The van der Waals surface area contributed by atoms with Gasteiger partial charge in [0.15, 0.2) is 0 Å². The van der Waals surface area contributed by atoms with Crippen molar-refractivity contribution < 1.29 is 4.92 Å². The van der Waals surface area contributed by atoms with Gasteiger partial charge in [0.05, 0.1) is 10.5 Å². The second-order valence-electron chi connectivity index (χ2n) is 4.51. The number of thioether (sulfide) groups is 1. The van der Waals surface area contributed by atoms with Crippen LogP contribution in [0.1, 0.15) is 31.4 Å². The number of aryl methyl sites for hydroxylation is 1. The van der Waals surface area contributed by atoms with Crippen LogP contribution in [0.2, 0.25) is 0 Å². The summed E-state index contributed by atoms with van der Waals surface area (Å²) in [5.41, 5.74) is 1.51. The molecular weight excluding hydrogens is 236 g/mol. The van der Waals surface area contributed by atoms with Crippen LogP contribution in [-0.2, 0) is 0 Å². The van der Waals surface area contributed by atoms with Crippen molar-refractivity contribution in [3.63, 3.8) is 0 Å². The maximum atomic E-state index is 10.9. The van der Waals surface area contributed by atoms with Crippen molar-refractivity contribution in [1.29, 1.82) is 0 Å². The molecule has 0 radical (unpaired) electrons. The lowest BCUT2D eigenvalue weighted by Crippen LogP contribution is -1.99. The highest BCUT2D eigenvalue weighted by Gasteiger charge is 2.18. The molecule has 0 aromatic carbocycles. The van der Waals surface area contributed by atoms with E-state index >= 15 is 0 Å². The first-order valence-corrected chi connectivity index (χ1v) is 6.65. The molecule has 0 fully saturated rings. The summed E-state index contributed by atoms with van der Waals surface area (Å²) in [5, 5.41) is 11.7. The summed E-state index contributed by atoms with van der Waals surface area (Å²) in [7, 11) is 0. The van der Waals surface area contributed by atoms with E-state index in [1.807, 2.05) is 0 Å². The number of nitrogens with zero attached hydrogens (tertiary/aromatic N) is 2. The number of hydrogen-bond acceptors (Lipinski definition) is 4. The smallest absolute Gasteiger partial charge is 0.258 e. The normalized spacial score (nSPS) is 10.9. The number of nitro groups is 1. The topological polar surface area (TPSA) is 56.0 Å². The van der Waals surface area contributed by atoms with Gasteiger partial charge >= 0.3 is 0 Å². The van der Waals surface area contributed by atoms with Gasteiger partial charge in [-0.3, -0.25) is 10.1 Å². The van der Waals surface area contributed by atoms with Crippen molar-refractivity contribution in [2.75, 3.05) is 5.75 Å². The summed E-state index contributed by atoms with van der Waals surface area (Å²) in [4.78, 5) is 14.9. The molecule has 1 aromatic heterocycles. The molecule has 0 amide bonds. The molecule has 0 bridgehead atoms. The van der Waals surface area contributed by atoms with E-state index in [0.717, 1.165) is 17.2 Å². The average Bonchev–Trinajstić information content (AvgIpc) is 2.20. The van der Waals surface area contributed by atoms with Crippen molar-refractivity contribution in [2.24, 2.45) is 5.92 Å². The van der Waals surface area contributed by atoms with Crippen LogP contribution < -0.4 is 0 Å². The van der Waals surface area contributed by atoms with Gasteiger partial charge in [0.1, 0.15) is 5.03 Å². The average molecular weight is 254 g/mol. The molecule has 0 saturated heterocycles. The molecule has 1 aromatic rings. The second-order valence-corrected chi connectivity index (χ2v) is 5.59. The molecule has 0 aliphatic rings. The highest BCUT2D eigenvalue weighted by atomic mass is 32.2. The molecule has 0 aliphatic carbocycles. The molecule has 0 aliphatic heterocycles. The van der Waals surface area contributed by atoms with E-state index < -0.39 is 0 Å². The lowest BCUT2D eigenvalue weighted by Gasteiger charge is -2.08. The quantitative estimate of drug-likeness (QED) is 0.456. The molecule has 94 valence electrons. The number of pyridine rings is 1. The zero-order chi connectivity index (χ0) is 13.0. The van der Waals surface area contributed by atoms with E-state index in [9.17, 15) is 10.1 Å². The van der Waals surface area contributed by atoms with E-state index in [0.29, 0.717) is 17.0 Å². The van der Waals surface area contributed by atoms with Gasteiger partial charge in [-0.2, -0.15) is 0 Å². The van der Waals surface area contributed by atoms with E-state index in [4.69, 9.17) is 0 Å². The first kappa shape index (κ1) is 14.0. The summed E-state index contributed by atoms with van der Waals surface area (Å²) in [6.07, 6.45) is 2.68. The lowest BCUT2D eigenvalue weighted by atomic mass is 10.2. The monoisotopic (exact) mass is 254 g/mol. The van der Waals surface area contributed by atoms with Crippen molar-refractivity contribution in [1.82, 2.24) is 4.98 Å². The molecule has 17 heavy (non-hydrogen) atoms. The minimum atomic E-state index is -0.321. The largest absolute Gasteiger partial charge is 0.279 e. The number of hydrogen-bond donors (Lipinski definition) is 0. The first-order valence-electron chi connectivity index (χ1n) is 5.66. The molecule has 5 heteroatoms. The van der Waals surface area contributed by atoms with E-state index in [1.54, 1.807) is 31.8 Å². The summed E-state index contributed by atoms with van der Waals surface area (Å²) in [6, 6.07) is 0. The van der Waals surface area contributed by atoms with Crippen LogP contribution in [0.5, 0.6) is 0 Å². The van der Waals surface area contributed by atoms with Crippen LogP contribution >= 0.6 is 11.8 Å². The lowest BCUT2D eigenvalue weighted by molar-refractivity contribution is -0.386. The number of rotatable bonds is 5. The Bertz CT molecular complexity index is 419. The number of aromatic nitrogens is 1. The predicted octanol–water partition coefficient (Wildman–Crippen LogP) is 3.74. The molecule has 0 atom stereocenters. The molecule has 0 N–H and O–H groups in total. The maximum absolute atomic E-state index is 10.9. The maximum Gasteiger partial charge on any atom is 0.279 e. The Labute approximate surface area is 106 Å². The van der Waals surface area contributed by atoms with Crippen molar-refractivity contribution in [3.8, 4) is 0 Å². The third-order valence-electron chi connectivity index (χ3n) is 2.54. The molecule has 1 rings (SSSR count). The Balaban J connectivity index is 2.87. The molecule has 1 heterocycles. The molecule has 0 saturated carbocycles. The van der Waals surface area contributed by atoms with E-state index in [1.165, 1.54) is 0 Å². The Morgan fingerprint density at radius 3 is 2.65 bits per heavy atom. The van der Waals surface area contributed by atoms with Gasteiger partial charge in [0, 0.05) is 11.8 Å². The fourth-order valence-electron chi connectivity index (χ4n) is 1.53. The standard InChI is InChI=1S/C12H18N2O2S/c1-8(2)5-6-17-12-10(4)11(14(15)16)9(3)7-13-12/h7-8H,5-6H2,1-4H3. The fraction of sp³-hybridized carbons (Fsp3) is 0.583. The van der Waals surface area contributed by atoms with Gasteiger partial charge in [0.25, 0.3) is 5.69 Å². The van der Waals surface area contributed by atoms with Crippen LogP contribution in [0.3, 0.4) is 0 Å². The summed E-state index contributed by atoms with van der Waals surface area (Å²) >= 11 is 1.60. The van der Waals surface area contributed by atoms with Gasteiger partial charge in [-0.1, -0.05) is 13.8 Å². The Kier molecular flexibility index (Phi) is 4.93. The van der Waals surface area contributed by atoms with E-state index in [-0.39, 0.29) is 10.6 Å². The fourth-order valence-corrected chi connectivity index (χ4v) is 2.75. The second kappa shape index (κ2) is 6.00. The third-order valence-corrected chi connectivity index (χ3v) is 3.67. The summed E-state index contributed by atoms with van der Waals surface area (Å²) < 4.78 is 0. The molecular formula is C12H18N2O2S. The van der Waals surface area contributed by atoms with Crippen LogP contribution in [0, 0.1) is 29.9 Å². The van der Waals surface area contributed by atoms with Crippen LogP contribution in [-0.4, -0.2) is 15.7 Å².